The van der Waals surface area contributed by atoms with Gasteiger partial charge >= 0.3 is 12.1 Å². The third kappa shape index (κ3) is 7.26. The van der Waals surface area contributed by atoms with Crippen LogP contribution in [0.15, 0.2) is 24.3 Å². The average Bonchev–Trinajstić information content (AvgIpc) is 3.44. The van der Waals surface area contributed by atoms with Crippen LogP contribution in [0.1, 0.15) is 56.6 Å². The Kier molecular flexibility index (Phi) is 10.1. The fraction of sp³-hybridized carbons (Fsp3) is 0.704. The molecule has 1 aromatic carbocycles. The number of hydrogen-bond donors (Lipinski definition) is 3. The quantitative estimate of drug-likeness (QED) is 0.443. The summed E-state index contributed by atoms with van der Waals surface area (Å²) >= 11 is 6.30. The standard InChI is InChI=1S/C27H41ClN4O4/c1-35-27(34)30-13-15-36-25(20-8-4-10-22(28)16-20)21-9-5-14-32(18-21)26(33)31-24-17-29-12-11-23(24)19-6-2-3-7-19/h4,8,10,16,19,21,23-25,29H,2-3,5-7,9,11-15,17-18H2,1H3,(H,30,34)(H,31,33)/t21-,23+,24-,25?/m1/s1. The minimum absolute atomic E-state index is 0.0357. The molecule has 2 saturated heterocycles. The second-order valence-electron chi connectivity index (χ2n) is 10.4. The zero-order valence-electron chi connectivity index (χ0n) is 21.3. The van der Waals surface area contributed by atoms with Crippen molar-refractivity contribution in [1.29, 1.82) is 0 Å². The third-order valence-electron chi connectivity index (χ3n) is 8.05. The van der Waals surface area contributed by atoms with Gasteiger partial charge in [0.15, 0.2) is 0 Å². The lowest BCUT2D eigenvalue weighted by Gasteiger charge is -2.40. The van der Waals surface area contributed by atoms with Gasteiger partial charge in [-0.15, -0.1) is 0 Å². The van der Waals surface area contributed by atoms with Gasteiger partial charge in [-0.1, -0.05) is 49.4 Å². The van der Waals surface area contributed by atoms with Crippen molar-refractivity contribution in [3.05, 3.63) is 34.9 Å². The van der Waals surface area contributed by atoms with E-state index in [9.17, 15) is 9.59 Å². The summed E-state index contributed by atoms with van der Waals surface area (Å²) in [6, 6.07) is 7.95. The fourth-order valence-electron chi connectivity index (χ4n) is 6.28. The zero-order chi connectivity index (χ0) is 25.3. The van der Waals surface area contributed by atoms with E-state index in [-0.39, 0.29) is 24.1 Å². The fourth-order valence-corrected chi connectivity index (χ4v) is 6.48. The number of piperidine rings is 2. The van der Waals surface area contributed by atoms with Crippen molar-refractivity contribution in [2.24, 2.45) is 17.8 Å². The molecule has 200 valence electrons. The highest BCUT2D eigenvalue weighted by Gasteiger charge is 2.36. The Balaban J connectivity index is 1.39. The molecule has 3 amide bonds. The van der Waals surface area contributed by atoms with Crippen molar-refractivity contribution in [2.45, 2.75) is 57.1 Å². The minimum Gasteiger partial charge on any atom is -0.453 e. The van der Waals surface area contributed by atoms with E-state index in [1.165, 1.54) is 32.8 Å². The third-order valence-corrected chi connectivity index (χ3v) is 8.29. The summed E-state index contributed by atoms with van der Waals surface area (Å²) in [4.78, 5) is 26.8. The van der Waals surface area contributed by atoms with E-state index < -0.39 is 6.09 Å². The lowest BCUT2D eigenvalue weighted by molar-refractivity contribution is -0.00883. The van der Waals surface area contributed by atoms with E-state index in [2.05, 4.69) is 20.7 Å². The van der Waals surface area contributed by atoms with Crippen molar-refractivity contribution >= 4 is 23.7 Å². The van der Waals surface area contributed by atoms with Crippen molar-refractivity contribution < 1.29 is 19.1 Å². The molecular formula is C27H41ClN4O4. The molecule has 36 heavy (non-hydrogen) atoms. The molecule has 0 radical (unpaired) electrons. The first-order chi connectivity index (χ1) is 17.5. The van der Waals surface area contributed by atoms with Crippen molar-refractivity contribution in [3.63, 3.8) is 0 Å². The minimum atomic E-state index is -0.480. The van der Waals surface area contributed by atoms with Crippen LogP contribution in [0.2, 0.25) is 5.02 Å². The predicted octanol–water partition coefficient (Wildman–Crippen LogP) is 4.34. The molecule has 9 heteroatoms. The normalized spacial score (nSPS) is 25.8. The summed E-state index contributed by atoms with van der Waals surface area (Å²) in [5, 5.41) is 10.2. The first kappa shape index (κ1) is 27.0. The predicted molar refractivity (Wildman–Crippen MR) is 140 cm³/mol. The van der Waals surface area contributed by atoms with Crippen LogP contribution in [0.3, 0.4) is 0 Å². The maximum Gasteiger partial charge on any atom is 0.406 e. The summed E-state index contributed by atoms with van der Waals surface area (Å²) in [5.41, 5.74) is 0.991. The number of urea groups is 1. The molecule has 8 nitrogen and oxygen atoms in total. The second kappa shape index (κ2) is 13.5. The molecule has 4 rings (SSSR count). The van der Waals surface area contributed by atoms with Gasteiger partial charge in [-0.25, -0.2) is 9.59 Å². The van der Waals surface area contributed by atoms with E-state index >= 15 is 0 Å². The number of halogens is 1. The maximum absolute atomic E-state index is 13.4. The molecule has 3 N–H and O–H groups in total. The largest absolute Gasteiger partial charge is 0.453 e. The Labute approximate surface area is 219 Å². The molecular weight excluding hydrogens is 480 g/mol. The van der Waals surface area contributed by atoms with Crippen molar-refractivity contribution in [3.8, 4) is 0 Å². The van der Waals surface area contributed by atoms with Crippen LogP contribution in [-0.2, 0) is 9.47 Å². The summed E-state index contributed by atoms with van der Waals surface area (Å²) < 4.78 is 10.9. The highest BCUT2D eigenvalue weighted by molar-refractivity contribution is 6.30. The van der Waals surface area contributed by atoms with E-state index in [0.717, 1.165) is 50.4 Å². The van der Waals surface area contributed by atoms with E-state index in [1.54, 1.807) is 0 Å². The van der Waals surface area contributed by atoms with Gasteiger partial charge in [0.1, 0.15) is 0 Å². The lowest BCUT2D eigenvalue weighted by Crippen LogP contribution is -2.57. The van der Waals surface area contributed by atoms with Gasteiger partial charge in [0.2, 0.25) is 0 Å². The van der Waals surface area contributed by atoms with Crippen molar-refractivity contribution in [1.82, 2.24) is 20.9 Å². The molecule has 4 atom stereocenters. The molecule has 3 fully saturated rings. The van der Waals surface area contributed by atoms with Crippen LogP contribution in [0.4, 0.5) is 9.59 Å². The SMILES string of the molecule is COC(=O)NCCOC(c1cccc(Cl)c1)[C@@H]1CCCN(C(=O)N[C@@H]2CNCC[C@H]2C2CCCC2)C1. The molecule has 1 aromatic rings. The first-order valence-electron chi connectivity index (χ1n) is 13.5. The van der Waals surface area contributed by atoms with Crippen molar-refractivity contribution in [2.75, 3.05) is 46.4 Å². The molecule has 3 aliphatic rings. The summed E-state index contributed by atoms with van der Waals surface area (Å²) in [6.07, 6.45) is 7.57. The number of benzene rings is 1. The Bertz CT molecular complexity index is 866. The van der Waals surface area contributed by atoms with Crippen LogP contribution in [0.5, 0.6) is 0 Å². The molecule has 1 unspecified atom stereocenters. The summed E-state index contributed by atoms with van der Waals surface area (Å²) in [7, 11) is 1.34. The number of nitrogens with zero attached hydrogens (tertiary/aromatic N) is 1. The van der Waals surface area contributed by atoms with Crippen LogP contribution < -0.4 is 16.0 Å². The molecule has 2 heterocycles. The van der Waals surface area contributed by atoms with Gasteiger partial charge < -0.3 is 30.3 Å². The van der Waals surface area contributed by atoms with Gasteiger partial charge in [-0.2, -0.15) is 0 Å². The Morgan fingerprint density at radius 3 is 2.81 bits per heavy atom. The van der Waals surface area contributed by atoms with Crippen LogP contribution >= 0.6 is 11.6 Å². The number of amides is 3. The topological polar surface area (TPSA) is 91.9 Å². The average molecular weight is 521 g/mol. The number of rotatable bonds is 8. The van der Waals surface area contributed by atoms with Gasteiger partial charge in [-0.3, -0.25) is 0 Å². The number of likely N-dealkylation sites (tertiary alicyclic amines) is 1. The van der Waals surface area contributed by atoms with Gasteiger partial charge in [0, 0.05) is 43.2 Å². The number of nitrogens with one attached hydrogen (secondary N) is 3. The van der Waals surface area contributed by atoms with E-state index in [1.807, 2.05) is 29.2 Å². The Hall–Kier alpha value is -2.03. The van der Waals surface area contributed by atoms with Gasteiger partial charge in [-0.05, 0) is 55.3 Å². The number of ether oxygens (including phenoxy) is 2. The van der Waals surface area contributed by atoms with Crippen LogP contribution in [-0.4, -0.2) is 69.5 Å². The Morgan fingerprint density at radius 2 is 2.03 bits per heavy atom. The maximum atomic E-state index is 13.4. The zero-order valence-corrected chi connectivity index (χ0v) is 22.1. The van der Waals surface area contributed by atoms with Crippen LogP contribution in [0.25, 0.3) is 0 Å². The highest BCUT2D eigenvalue weighted by Crippen LogP contribution is 2.37. The first-order valence-corrected chi connectivity index (χ1v) is 13.9. The number of carbonyl (C=O) groups excluding carboxylic acids is 2. The molecule has 0 bridgehead atoms. The molecule has 0 aromatic heterocycles. The monoisotopic (exact) mass is 520 g/mol. The smallest absolute Gasteiger partial charge is 0.406 e. The molecule has 1 saturated carbocycles. The van der Waals surface area contributed by atoms with Gasteiger partial charge in [0.25, 0.3) is 0 Å². The highest BCUT2D eigenvalue weighted by atomic mass is 35.5. The summed E-state index contributed by atoms with van der Waals surface area (Å²) in [6.45, 7) is 3.96. The van der Waals surface area contributed by atoms with E-state index in [4.69, 9.17) is 16.3 Å². The van der Waals surface area contributed by atoms with E-state index in [0.29, 0.717) is 30.6 Å². The number of carbonyl (C=O) groups is 2. The van der Waals surface area contributed by atoms with Gasteiger partial charge in [0.05, 0.1) is 19.8 Å². The summed E-state index contributed by atoms with van der Waals surface area (Å²) in [5.74, 6) is 1.45. The van der Waals surface area contributed by atoms with Crippen LogP contribution in [0, 0.1) is 17.8 Å². The Morgan fingerprint density at radius 1 is 1.19 bits per heavy atom. The lowest BCUT2D eigenvalue weighted by atomic mass is 9.80. The molecule has 2 aliphatic heterocycles. The number of hydrogen-bond acceptors (Lipinski definition) is 5. The number of methoxy groups -OCH3 is 1. The molecule has 0 spiro atoms. The second-order valence-corrected chi connectivity index (χ2v) is 10.8. The number of alkyl carbamates (subject to hydrolysis) is 1. The molecule has 1 aliphatic carbocycles.